The van der Waals surface area contributed by atoms with Crippen LogP contribution >= 0.6 is 0 Å². The molecule has 6 nitrogen and oxygen atoms in total. The van der Waals surface area contributed by atoms with Gasteiger partial charge in [-0.2, -0.15) is 4.99 Å². The zero-order chi connectivity index (χ0) is 18.6. The van der Waals surface area contributed by atoms with Crippen molar-refractivity contribution in [2.24, 2.45) is 5.16 Å². The van der Waals surface area contributed by atoms with Crippen molar-refractivity contribution in [1.29, 1.82) is 0 Å². The number of Topliss-reactive ketones (excluding diaryl/α,β-unsaturated/α-hetero) is 2. The van der Waals surface area contributed by atoms with Crippen LogP contribution in [-0.2, 0) is 9.88 Å². The molecular formula is C21H14N2O4. The Morgan fingerprint density at radius 2 is 1.52 bits per heavy atom. The molecule has 3 aromatic rings. The summed E-state index contributed by atoms with van der Waals surface area (Å²) >= 11 is 0. The van der Waals surface area contributed by atoms with Crippen LogP contribution in [0.2, 0.25) is 0 Å². The standard InChI is InChI=1S/C18H11NO2.C3H3NO2/c20-17-12-6-2-3-7-13(12)18(21)16(17)15-10-9-11-5-1-4-8-14(11)19-15;1-2-4-6-5-3-1/h1-10,16H;1-3H. The van der Waals surface area contributed by atoms with Crippen LogP contribution in [0.3, 0.4) is 0 Å². The van der Waals surface area contributed by atoms with E-state index in [0.717, 1.165) is 10.9 Å². The third kappa shape index (κ3) is 3.20. The fraction of sp³-hybridized carbons (Fsp3) is 0.0476. The van der Waals surface area contributed by atoms with E-state index in [0.29, 0.717) is 16.8 Å². The number of ketones is 2. The summed E-state index contributed by atoms with van der Waals surface area (Å²) in [6.45, 7) is 0. The molecule has 0 saturated carbocycles. The van der Waals surface area contributed by atoms with Gasteiger partial charge >= 0.3 is 0 Å². The first-order valence-corrected chi connectivity index (χ1v) is 8.30. The van der Waals surface area contributed by atoms with E-state index >= 15 is 0 Å². The molecule has 132 valence electrons. The van der Waals surface area contributed by atoms with Gasteiger partial charge in [0.05, 0.1) is 17.4 Å². The predicted octanol–water partition coefficient (Wildman–Crippen LogP) is 3.85. The molecule has 0 atom stereocenters. The summed E-state index contributed by atoms with van der Waals surface area (Å²) < 4.78 is 0. The quantitative estimate of drug-likeness (QED) is 0.488. The summed E-state index contributed by atoms with van der Waals surface area (Å²) in [5.41, 5.74) is 2.33. The average molecular weight is 358 g/mol. The van der Waals surface area contributed by atoms with Gasteiger partial charge in [0.2, 0.25) is 0 Å². The van der Waals surface area contributed by atoms with Gasteiger partial charge in [-0.3, -0.25) is 19.5 Å². The van der Waals surface area contributed by atoms with E-state index in [2.05, 4.69) is 20.0 Å². The highest BCUT2D eigenvalue weighted by atomic mass is 17.3. The van der Waals surface area contributed by atoms with Gasteiger partial charge in [-0.05, 0) is 23.4 Å². The summed E-state index contributed by atoms with van der Waals surface area (Å²) in [7, 11) is 0. The number of para-hydroxylation sites is 1. The van der Waals surface area contributed by atoms with Crippen LogP contribution in [0.15, 0.2) is 78.2 Å². The lowest BCUT2D eigenvalue weighted by Crippen LogP contribution is -2.14. The molecule has 6 heteroatoms. The molecule has 1 aliphatic heterocycles. The van der Waals surface area contributed by atoms with Crippen molar-refractivity contribution < 1.29 is 19.5 Å². The van der Waals surface area contributed by atoms with Gasteiger partial charge in [0.25, 0.3) is 0 Å². The number of carbonyl (C=O) groups excluding carboxylic acids is 2. The Bertz CT molecular complexity index is 1040. The smallest absolute Gasteiger partial charge is 0.180 e. The fourth-order valence-electron chi connectivity index (χ4n) is 3.03. The molecule has 0 unspecified atom stereocenters. The lowest BCUT2D eigenvalue weighted by Gasteiger charge is -2.07. The van der Waals surface area contributed by atoms with Crippen molar-refractivity contribution >= 4 is 28.7 Å². The molecule has 0 bridgehead atoms. The number of oxime groups is 1. The van der Waals surface area contributed by atoms with Gasteiger partial charge in [-0.25, -0.2) is 0 Å². The van der Waals surface area contributed by atoms with Gasteiger partial charge in [-0.1, -0.05) is 48.5 Å². The second-order valence-electron chi connectivity index (χ2n) is 5.89. The maximum atomic E-state index is 12.5. The average Bonchev–Trinajstić information content (AvgIpc) is 3.00. The van der Waals surface area contributed by atoms with Gasteiger partial charge in [-0.15, -0.1) is 0 Å². The molecule has 27 heavy (non-hydrogen) atoms. The number of nitrogens with zero attached hydrogens (tertiary/aromatic N) is 2. The zero-order valence-electron chi connectivity index (χ0n) is 14.1. The number of carbonyl (C=O) groups is 2. The summed E-state index contributed by atoms with van der Waals surface area (Å²) in [5, 5.41) is 4.24. The van der Waals surface area contributed by atoms with E-state index in [1.807, 2.05) is 30.3 Å². The highest BCUT2D eigenvalue weighted by Crippen LogP contribution is 2.33. The number of rotatable bonds is 1. The Morgan fingerprint density at radius 3 is 2.11 bits per heavy atom. The molecule has 1 aliphatic carbocycles. The number of hydrogen-bond acceptors (Lipinski definition) is 6. The van der Waals surface area contributed by atoms with E-state index in [-0.39, 0.29) is 11.6 Å². The Balaban J connectivity index is 0.000000257. The van der Waals surface area contributed by atoms with E-state index in [1.165, 1.54) is 12.5 Å². The predicted molar refractivity (Wildman–Crippen MR) is 99.4 cm³/mol. The Labute approximate surface area is 154 Å². The summed E-state index contributed by atoms with van der Waals surface area (Å²) in [6.07, 6.45) is 4.51. The first-order chi connectivity index (χ1) is 13.3. The third-order valence-electron chi connectivity index (χ3n) is 4.27. The van der Waals surface area contributed by atoms with Crippen LogP contribution in [0.25, 0.3) is 10.9 Å². The lowest BCUT2D eigenvalue weighted by molar-refractivity contribution is -0.251. The maximum absolute atomic E-state index is 12.5. The van der Waals surface area contributed by atoms with Crippen LogP contribution < -0.4 is 0 Å². The number of pyridine rings is 1. The first kappa shape index (κ1) is 16.7. The van der Waals surface area contributed by atoms with E-state index in [1.54, 1.807) is 36.4 Å². The van der Waals surface area contributed by atoms with Crippen molar-refractivity contribution in [3.8, 4) is 0 Å². The minimum absolute atomic E-state index is 0.154. The molecule has 0 spiro atoms. The molecular weight excluding hydrogens is 344 g/mol. The molecule has 1 aromatic heterocycles. The van der Waals surface area contributed by atoms with Crippen molar-refractivity contribution in [2.45, 2.75) is 5.92 Å². The summed E-state index contributed by atoms with van der Waals surface area (Å²) in [6, 6.07) is 18.3. The molecule has 0 radical (unpaired) electrons. The second-order valence-corrected chi connectivity index (χ2v) is 5.89. The topological polar surface area (TPSA) is 77.9 Å². The monoisotopic (exact) mass is 358 g/mol. The molecule has 0 saturated heterocycles. The number of benzene rings is 2. The number of hydrogen-bond donors (Lipinski definition) is 0. The maximum Gasteiger partial charge on any atom is 0.180 e. The van der Waals surface area contributed by atoms with Crippen molar-refractivity contribution in [2.75, 3.05) is 0 Å². The fourth-order valence-corrected chi connectivity index (χ4v) is 3.03. The van der Waals surface area contributed by atoms with Crippen LogP contribution in [0.5, 0.6) is 0 Å². The minimum atomic E-state index is -0.799. The van der Waals surface area contributed by atoms with Crippen molar-refractivity contribution in [3.05, 3.63) is 89.8 Å². The lowest BCUT2D eigenvalue weighted by atomic mass is 9.98. The van der Waals surface area contributed by atoms with Gasteiger partial charge in [0.1, 0.15) is 12.2 Å². The third-order valence-corrected chi connectivity index (χ3v) is 4.27. The molecule has 2 aliphatic rings. The van der Waals surface area contributed by atoms with Crippen LogP contribution in [0, 0.1) is 0 Å². The summed E-state index contributed by atoms with van der Waals surface area (Å²) in [5.74, 6) is -1.11. The second kappa shape index (κ2) is 7.21. The number of fused-ring (bicyclic) bond motifs is 2. The van der Waals surface area contributed by atoms with Gasteiger partial charge in [0.15, 0.2) is 11.6 Å². The van der Waals surface area contributed by atoms with E-state index in [4.69, 9.17) is 0 Å². The van der Waals surface area contributed by atoms with Gasteiger partial charge < -0.3 is 0 Å². The SMILES string of the molecule is C1=COON=C1.O=C1c2ccccc2C(=O)C1c1ccc2ccccc2n1. The highest BCUT2D eigenvalue weighted by molar-refractivity contribution is 6.29. The van der Waals surface area contributed by atoms with Crippen molar-refractivity contribution in [1.82, 2.24) is 4.98 Å². The molecule has 0 amide bonds. The molecule has 0 fully saturated rings. The van der Waals surface area contributed by atoms with E-state index in [9.17, 15) is 9.59 Å². The van der Waals surface area contributed by atoms with Crippen molar-refractivity contribution in [3.63, 3.8) is 0 Å². The molecule has 2 heterocycles. The molecule has 0 N–H and O–H groups in total. The highest BCUT2D eigenvalue weighted by Gasteiger charge is 2.40. The Morgan fingerprint density at radius 1 is 0.815 bits per heavy atom. The Kier molecular flexibility index (Phi) is 4.45. The van der Waals surface area contributed by atoms with Crippen LogP contribution in [0.4, 0.5) is 0 Å². The molecule has 5 rings (SSSR count). The number of allylic oxidation sites excluding steroid dienone is 1. The first-order valence-electron chi connectivity index (χ1n) is 8.30. The van der Waals surface area contributed by atoms with Crippen LogP contribution in [-0.4, -0.2) is 22.8 Å². The number of aromatic nitrogens is 1. The summed E-state index contributed by atoms with van der Waals surface area (Å²) in [4.78, 5) is 37.7. The normalized spacial score (nSPS) is 15.0. The largest absolute Gasteiger partial charge is 0.293 e. The minimum Gasteiger partial charge on any atom is -0.293 e. The van der Waals surface area contributed by atoms with E-state index < -0.39 is 5.92 Å². The zero-order valence-corrected chi connectivity index (χ0v) is 14.1. The molecule has 2 aromatic carbocycles. The Hall–Kier alpha value is -3.80. The van der Waals surface area contributed by atoms with Crippen LogP contribution in [0.1, 0.15) is 32.3 Å². The van der Waals surface area contributed by atoms with Gasteiger partial charge in [0, 0.05) is 16.5 Å².